The third kappa shape index (κ3) is 2.46. The van der Waals surface area contributed by atoms with Crippen LogP contribution in [0.1, 0.15) is 10.4 Å². The molecule has 1 N–H and O–H groups in total. The lowest BCUT2D eigenvalue weighted by molar-refractivity contribution is 0.0696. The van der Waals surface area contributed by atoms with Crippen molar-refractivity contribution >= 4 is 17.7 Å². The second-order valence-electron chi connectivity index (χ2n) is 3.63. The summed E-state index contributed by atoms with van der Waals surface area (Å²) in [5, 5.41) is 8.91. The monoisotopic (exact) mass is 261 g/mol. The van der Waals surface area contributed by atoms with E-state index in [1.54, 1.807) is 23.9 Å². The molecular weight excluding hydrogens is 250 g/mol. The van der Waals surface area contributed by atoms with Crippen molar-refractivity contribution in [2.24, 2.45) is 0 Å². The van der Waals surface area contributed by atoms with E-state index in [4.69, 9.17) is 5.11 Å². The minimum atomic E-state index is -1.05. The Morgan fingerprint density at radius 3 is 2.39 bits per heavy atom. The van der Waals surface area contributed by atoms with Crippen LogP contribution in [-0.2, 0) is 0 Å². The highest BCUT2D eigenvalue weighted by molar-refractivity contribution is 7.98. The molecule has 2 rings (SSSR count). The molecule has 0 aliphatic rings. The van der Waals surface area contributed by atoms with E-state index in [-0.39, 0.29) is 11.1 Å². The van der Waals surface area contributed by atoms with Gasteiger partial charge in [-0.1, -0.05) is 0 Å². The van der Waals surface area contributed by atoms with Crippen molar-refractivity contribution in [3.05, 3.63) is 58.5 Å². The van der Waals surface area contributed by atoms with Crippen LogP contribution in [0, 0.1) is 0 Å². The Kier molecular flexibility index (Phi) is 3.53. The van der Waals surface area contributed by atoms with Gasteiger partial charge in [0.25, 0.3) is 5.56 Å². The number of benzene rings is 1. The second kappa shape index (κ2) is 5.10. The van der Waals surface area contributed by atoms with Gasteiger partial charge >= 0.3 is 5.97 Å². The molecule has 0 atom stereocenters. The minimum Gasteiger partial charge on any atom is -0.478 e. The fourth-order valence-corrected chi connectivity index (χ4v) is 1.97. The summed E-state index contributed by atoms with van der Waals surface area (Å²) in [4.78, 5) is 23.7. The zero-order valence-electron chi connectivity index (χ0n) is 9.66. The summed E-state index contributed by atoms with van der Waals surface area (Å²) in [6.45, 7) is 0. The quantitative estimate of drug-likeness (QED) is 0.861. The third-order valence-electron chi connectivity index (χ3n) is 2.51. The van der Waals surface area contributed by atoms with E-state index >= 15 is 0 Å². The van der Waals surface area contributed by atoms with Crippen LogP contribution in [-0.4, -0.2) is 21.9 Å². The predicted molar refractivity (Wildman–Crippen MR) is 70.8 cm³/mol. The van der Waals surface area contributed by atoms with E-state index in [2.05, 4.69) is 0 Å². The van der Waals surface area contributed by atoms with Crippen LogP contribution in [0.4, 0.5) is 0 Å². The molecule has 0 saturated carbocycles. The smallest absolute Gasteiger partial charge is 0.337 e. The molecule has 1 aromatic carbocycles. The van der Waals surface area contributed by atoms with Crippen LogP contribution >= 0.6 is 11.8 Å². The van der Waals surface area contributed by atoms with Gasteiger partial charge in [-0.2, -0.15) is 0 Å². The molecule has 2 aromatic rings. The molecule has 0 radical (unpaired) electrons. The molecule has 5 heteroatoms. The van der Waals surface area contributed by atoms with Gasteiger partial charge in [-0.25, -0.2) is 4.79 Å². The molecule has 1 aromatic heterocycles. The van der Waals surface area contributed by atoms with Gasteiger partial charge in [0.05, 0.1) is 5.56 Å². The number of rotatable bonds is 3. The molecule has 4 nitrogen and oxygen atoms in total. The molecule has 0 aliphatic carbocycles. The van der Waals surface area contributed by atoms with E-state index in [1.807, 2.05) is 18.4 Å². The highest BCUT2D eigenvalue weighted by atomic mass is 32.2. The second-order valence-corrected chi connectivity index (χ2v) is 4.51. The Bertz CT molecular complexity index is 631. The Balaban J connectivity index is 2.51. The van der Waals surface area contributed by atoms with Crippen molar-refractivity contribution in [2.75, 3.05) is 6.26 Å². The maximum absolute atomic E-state index is 11.7. The van der Waals surface area contributed by atoms with Crippen LogP contribution in [0.5, 0.6) is 0 Å². The first-order valence-corrected chi connectivity index (χ1v) is 6.45. The maximum atomic E-state index is 11.7. The first kappa shape index (κ1) is 12.4. The van der Waals surface area contributed by atoms with Gasteiger partial charge in [0.15, 0.2) is 0 Å². The van der Waals surface area contributed by atoms with Gasteiger partial charge in [-0.3, -0.25) is 9.36 Å². The number of hydrogen-bond acceptors (Lipinski definition) is 3. The van der Waals surface area contributed by atoms with Gasteiger partial charge in [-0.15, -0.1) is 11.8 Å². The number of nitrogens with zero attached hydrogens (tertiary/aromatic N) is 1. The molecule has 0 aliphatic heterocycles. The molecule has 0 bridgehead atoms. The van der Waals surface area contributed by atoms with Crippen molar-refractivity contribution in [1.82, 2.24) is 4.57 Å². The van der Waals surface area contributed by atoms with Gasteiger partial charge in [0.2, 0.25) is 0 Å². The summed E-state index contributed by atoms with van der Waals surface area (Å²) >= 11 is 1.60. The number of pyridine rings is 1. The first-order chi connectivity index (χ1) is 8.61. The van der Waals surface area contributed by atoms with Crippen LogP contribution in [0.25, 0.3) is 5.69 Å². The number of carboxylic acids is 1. The lowest BCUT2D eigenvalue weighted by Crippen LogP contribution is -2.18. The van der Waals surface area contributed by atoms with Crippen molar-refractivity contribution in [3.63, 3.8) is 0 Å². The van der Waals surface area contributed by atoms with E-state index < -0.39 is 5.97 Å². The first-order valence-electron chi connectivity index (χ1n) is 5.22. The van der Waals surface area contributed by atoms with E-state index in [9.17, 15) is 9.59 Å². The van der Waals surface area contributed by atoms with Gasteiger partial charge < -0.3 is 5.11 Å². The third-order valence-corrected chi connectivity index (χ3v) is 3.25. The minimum absolute atomic E-state index is 0.0866. The normalized spacial score (nSPS) is 10.3. The SMILES string of the molecule is CSc1ccc(-n2cc(C(=O)O)ccc2=O)cc1. The molecule has 92 valence electrons. The fraction of sp³-hybridized carbons (Fsp3) is 0.0769. The molecule has 0 fully saturated rings. The van der Waals surface area contributed by atoms with Gasteiger partial charge in [0.1, 0.15) is 0 Å². The van der Waals surface area contributed by atoms with Gasteiger partial charge in [0, 0.05) is 22.8 Å². The topological polar surface area (TPSA) is 59.3 Å². The van der Waals surface area contributed by atoms with Crippen LogP contribution in [0.2, 0.25) is 0 Å². The molecule has 18 heavy (non-hydrogen) atoms. The summed E-state index contributed by atoms with van der Waals surface area (Å²) in [6, 6.07) is 9.92. The molecular formula is C13H11NO3S. The summed E-state index contributed by atoms with van der Waals surface area (Å²) < 4.78 is 1.33. The predicted octanol–water partition coefficient (Wildman–Crippen LogP) is 2.26. The van der Waals surface area contributed by atoms with Crippen molar-refractivity contribution < 1.29 is 9.90 Å². The van der Waals surface area contributed by atoms with Crippen molar-refractivity contribution in [2.45, 2.75) is 4.90 Å². The zero-order valence-corrected chi connectivity index (χ0v) is 10.5. The molecule has 0 spiro atoms. The lowest BCUT2D eigenvalue weighted by Gasteiger charge is -2.07. The summed E-state index contributed by atoms with van der Waals surface area (Å²) in [7, 11) is 0. The van der Waals surface area contributed by atoms with Gasteiger partial charge in [-0.05, 0) is 36.6 Å². The summed E-state index contributed by atoms with van der Waals surface area (Å²) in [6.07, 6.45) is 3.30. The van der Waals surface area contributed by atoms with Crippen molar-refractivity contribution in [3.8, 4) is 5.69 Å². The van der Waals surface area contributed by atoms with E-state index in [0.717, 1.165) is 4.90 Å². The fourth-order valence-electron chi connectivity index (χ4n) is 1.56. The standard InChI is InChI=1S/C13H11NO3S/c1-18-11-5-3-10(4-6-11)14-8-9(13(16)17)2-7-12(14)15/h2-8H,1H3,(H,16,17). The number of thioether (sulfide) groups is 1. The zero-order chi connectivity index (χ0) is 13.1. The molecule has 1 heterocycles. The lowest BCUT2D eigenvalue weighted by atomic mass is 10.2. The number of aromatic nitrogens is 1. The summed E-state index contributed by atoms with van der Waals surface area (Å²) in [5.74, 6) is -1.05. The average Bonchev–Trinajstić information content (AvgIpc) is 2.39. The molecule has 0 saturated heterocycles. The Labute approximate surface area is 108 Å². The van der Waals surface area contributed by atoms with Crippen LogP contribution in [0.3, 0.4) is 0 Å². The maximum Gasteiger partial charge on any atom is 0.337 e. The number of carboxylic acid groups (broad SMARTS) is 1. The molecule has 0 amide bonds. The number of carbonyl (C=O) groups is 1. The van der Waals surface area contributed by atoms with E-state index in [0.29, 0.717) is 5.69 Å². The average molecular weight is 261 g/mol. The Morgan fingerprint density at radius 1 is 1.17 bits per heavy atom. The Morgan fingerprint density at radius 2 is 1.83 bits per heavy atom. The van der Waals surface area contributed by atoms with Crippen LogP contribution < -0.4 is 5.56 Å². The van der Waals surface area contributed by atoms with Crippen LogP contribution in [0.15, 0.2) is 52.3 Å². The highest BCUT2D eigenvalue weighted by Crippen LogP contribution is 2.16. The molecule has 0 unspecified atom stereocenters. The highest BCUT2D eigenvalue weighted by Gasteiger charge is 2.06. The summed E-state index contributed by atoms with van der Waals surface area (Å²) in [5.41, 5.74) is 0.487. The largest absolute Gasteiger partial charge is 0.478 e. The van der Waals surface area contributed by atoms with E-state index in [1.165, 1.54) is 22.9 Å². The number of aromatic carboxylic acids is 1. The van der Waals surface area contributed by atoms with Crippen molar-refractivity contribution in [1.29, 1.82) is 0 Å². The Hall–Kier alpha value is -2.01. The number of hydrogen-bond donors (Lipinski definition) is 1.